The van der Waals surface area contributed by atoms with Crippen molar-refractivity contribution in [2.75, 3.05) is 6.61 Å². The summed E-state index contributed by atoms with van der Waals surface area (Å²) < 4.78 is 5.24. The summed E-state index contributed by atoms with van der Waals surface area (Å²) in [5.74, 6) is -0.633. The largest absolute Gasteiger partial charge is 0.478 e. The monoisotopic (exact) mass is 221 g/mol. The predicted octanol–water partition coefficient (Wildman–Crippen LogP) is 2.30. The van der Waals surface area contributed by atoms with Gasteiger partial charge in [-0.05, 0) is 12.5 Å². The van der Waals surface area contributed by atoms with E-state index in [4.69, 9.17) is 9.84 Å². The fourth-order valence-corrected chi connectivity index (χ4v) is 1.29. The topological polar surface area (TPSA) is 59.4 Å². The Bertz CT molecular complexity index is 388. The first-order valence-electron chi connectivity index (χ1n) is 5.15. The molecule has 1 heterocycles. The standard InChI is InChI=1S/C12H15NO3/c1-3-5-10-7-9(12(14)15)8-11(13-10)16-6-4-2/h4,7-8H,2-3,5-6H2,1H3,(H,14,15). The zero-order valence-corrected chi connectivity index (χ0v) is 9.27. The molecule has 86 valence electrons. The Hall–Kier alpha value is -1.84. The smallest absolute Gasteiger partial charge is 0.335 e. The third-order valence-corrected chi connectivity index (χ3v) is 1.96. The van der Waals surface area contributed by atoms with Crippen LogP contribution in [0.25, 0.3) is 0 Å². The molecule has 0 saturated carbocycles. The SMILES string of the molecule is C=CCOc1cc(C(=O)O)cc(CCC)n1. The summed E-state index contributed by atoms with van der Waals surface area (Å²) in [6.07, 6.45) is 3.25. The van der Waals surface area contributed by atoms with E-state index in [0.29, 0.717) is 12.5 Å². The van der Waals surface area contributed by atoms with Gasteiger partial charge in [-0.3, -0.25) is 0 Å². The van der Waals surface area contributed by atoms with Gasteiger partial charge in [0, 0.05) is 11.8 Å². The number of nitrogens with zero attached hydrogens (tertiary/aromatic N) is 1. The van der Waals surface area contributed by atoms with Crippen LogP contribution in [0.5, 0.6) is 5.88 Å². The van der Waals surface area contributed by atoms with Gasteiger partial charge in [0.2, 0.25) is 5.88 Å². The van der Waals surface area contributed by atoms with Gasteiger partial charge in [-0.2, -0.15) is 0 Å². The lowest BCUT2D eigenvalue weighted by molar-refractivity contribution is 0.0696. The van der Waals surface area contributed by atoms with E-state index in [2.05, 4.69) is 11.6 Å². The number of ether oxygens (including phenoxy) is 1. The van der Waals surface area contributed by atoms with E-state index in [1.807, 2.05) is 6.92 Å². The maximum atomic E-state index is 10.9. The van der Waals surface area contributed by atoms with Crippen LogP contribution in [0.2, 0.25) is 0 Å². The molecule has 0 fully saturated rings. The highest BCUT2D eigenvalue weighted by molar-refractivity contribution is 5.88. The maximum absolute atomic E-state index is 10.9. The van der Waals surface area contributed by atoms with Gasteiger partial charge in [-0.25, -0.2) is 9.78 Å². The molecule has 0 saturated heterocycles. The van der Waals surface area contributed by atoms with E-state index in [0.717, 1.165) is 18.5 Å². The second-order valence-electron chi connectivity index (χ2n) is 3.34. The van der Waals surface area contributed by atoms with Crippen molar-refractivity contribution in [2.45, 2.75) is 19.8 Å². The van der Waals surface area contributed by atoms with Gasteiger partial charge >= 0.3 is 5.97 Å². The van der Waals surface area contributed by atoms with E-state index < -0.39 is 5.97 Å². The number of carboxylic acids is 1. The van der Waals surface area contributed by atoms with Crippen molar-refractivity contribution < 1.29 is 14.6 Å². The molecule has 16 heavy (non-hydrogen) atoms. The Labute approximate surface area is 94.6 Å². The van der Waals surface area contributed by atoms with Crippen LogP contribution >= 0.6 is 0 Å². The molecule has 0 radical (unpaired) electrons. The van der Waals surface area contributed by atoms with Crippen LogP contribution in [0, 0.1) is 0 Å². The number of hydrogen-bond donors (Lipinski definition) is 1. The second-order valence-corrected chi connectivity index (χ2v) is 3.34. The first-order chi connectivity index (χ1) is 7.67. The van der Waals surface area contributed by atoms with Crippen molar-refractivity contribution >= 4 is 5.97 Å². The minimum absolute atomic E-state index is 0.206. The molecule has 0 aliphatic rings. The Morgan fingerprint density at radius 3 is 2.94 bits per heavy atom. The van der Waals surface area contributed by atoms with Crippen LogP contribution in [0.15, 0.2) is 24.8 Å². The Balaban J connectivity index is 2.97. The third-order valence-electron chi connectivity index (χ3n) is 1.96. The molecular formula is C12H15NO3. The van der Waals surface area contributed by atoms with Gasteiger partial charge in [0.25, 0.3) is 0 Å². The van der Waals surface area contributed by atoms with Crippen molar-refractivity contribution in [3.63, 3.8) is 0 Å². The lowest BCUT2D eigenvalue weighted by atomic mass is 10.1. The molecule has 1 aromatic rings. The van der Waals surface area contributed by atoms with E-state index in [1.165, 1.54) is 6.07 Å². The van der Waals surface area contributed by atoms with E-state index >= 15 is 0 Å². The van der Waals surface area contributed by atoms with Crippen LogP contribution in [0.1, 0.15) is 29.4 Å². The molecule has 0 spiro atoms. The highest BCUT2D eigenvalue weighted by Gasteiger charge is 2.08. The molecule has 1 aromatic heterocycles. The number of carbonyl (C=O) groups is 1. The summed E-state index contributed by atoms with van der Waals surface area (Å²) in [5.41, 5.74) is 0.943. The summed E-state index contributed by atoms with van der Waals surface area (Å²) in [7, 11) is 0. The average Bonchev–Trinajstić information content (AvgIpc) is 2.26. The Morgan fingerprint density at radius 1 is 1.62 bits per heavy atom. The molecule has 0 aromatic carbocycles. The number of pyridine rings is 1. The van der Waals surface area contributed by atoms with Crippen LogP contribution in [0.3, 0.4) is 0 Å². The van der Waals surface area contributed by atoms with Crippen LogP contribution in [-0.4, -0.2) is 22.7 Å². The first-order valence-corrected chi connectivity index (χ1v) is 5.15. The number of rotatable bonds is 6. The number of aryl methyl sites for hydroxylation is 1. The summed E-state index contributed by atoms with van der Waals surface area (Å²) in [4.78, 5) is 15.1. The van der Waals surface area contributed by atoms with Crippen molar-refractivity contribution in [2.24, 2.45) is 0 Å². The number of carboxylic acid groups (broad SMARTS) is 1. The fraction of sp³-hybridized carbons (Fsp3) is 0.333. The summed E-state index contributed by atoms with van der Waals surface area (Å²) >= 11 is 0. The van der Waals surface area contributed by atoms with Crippen molar-refractivity contribution in [1.29, 1.82) is 0 Å². The van der Waals surface area contributed by atoms with E-state index in [1.54, 1.807) is 12.1 Å². The van der Waals surface area contributed by atoms with Crippen molar-refractivity contribution in [3.8, 4) is 5.88 Å². The molecule has 0 aliphatic heterocycles. The lowest BCUT2D eigenvalue weighted by Crippen LogP contribution is -2.04. The highest BCUT2D eigenvalue weighted by atomic mass is 16.5. The van der Waals surface area contributed by atoms with Gasteiger partial charge in [0.05, 0.1) is 5.56 Å². The molecule has 0 atom stereocenters. The fourth-order valence-electron chi connectivity index (χ4n) is 1.29. The third kappa shape index (κ3) is 3.38. The lowest BCUT2D eigenvalue weighted by Gasteiger charge is -2.06. The first kappa shape index (κ1) is 12.2. The number of aromatic carboxylic acids is 1. The molecule has 1 N–H and O–H groups in total. The second kappa shape index (κ2) is 5.90. The Kier molecular flexibility index (Phi) is 4.51. The van der Waals surface area contributed by atoms with Gasteiger partial charge in [0.15, 0.2) is 0 Å². The van der Waals surface area contributed by atoms with Gasteiger partial charge in [-0.15, -0.1) is 0 Å². The predicted molar refractivity (Wildman–Crippen MR) is 60.9 cm³/mol. The summed E-state index contributed by atoms with van der Waals surface area (Å²) in [6, 6.07) is 3.00. The van der Waals surface area contributed by atoms with Crippen LogP contribution < -0.4 is 4.74 Å². The normalized spacial score (nSPS) is 9.81. The molecule has 1 rings (SSSR count). The maximum Gasteiger partial charge on any atom is 0.335 e. The molecule has 0 aliphatic carbocycles. The van der Waals surface area contributed by atoms with Gasteiger partial charge in [0.1, 0.15) is 6.61 Å². The molecule has 4 heteroatoms. The average molecular weight is 221 g/mol. The number of aromatic nitrogens is 1. The van der Waals surface area contributed by atoms with Crippen LogP contribution in [-0.2, 0) is 6.42 Å². The van der Waals surface area contributed by atoms with E-state index in [-0.39, 0.29) is 5.56 Å². The minimum Gasteiger partial charge on any atom is -0.478 e. The summed E-state index contributed by atoms with van der Waals surface area (Å²) in [6.45, 7) is 5.86. The van der Waals surface area contributed by atoms with Gasteiger partial charge < -0.3 is 9.84 Å². The molecule has 0 bridgehead atoms. The summed E-state index contributed by atoms with van der Waals surface area (Å²) in [5, 5.41) is 8.92. The quantitative estimate of drug-likeness (QED) is 0.749. The molecule has 0 unspecified atom stereocenters. The van der Waals surface area contributed by atoms with Crippen LogP contribution in [0.4, 0.5) is 0 Å². The molecule has 0 amide bonds. The van der Waals surface area contributed by atoms with Crippen molar-refractivity contribution in [1.82, 2.24) is 4.98 Å². The number of hydrogen-bond acceptors (Lipinski definition) is 3. The Morgan fingerprint density at radius 2 is 2.38 bits per heavy atom. The van der Waals surface area contributed by atoms with E-state index in [9.17, 15) is 4.79 Å². The minimum atomic E-state index is -0.969. The zero-order chi connectivity index (χ0) is 12.0. The molecule has 4 nitrogen and oxygen atoms in total. The molecular weight excluding hydrogens is 206 g/mol. The zero-order valence-electron chi connectivity index (χ0n) is 9.27. The highest BCUT2D eigenvalue weighted by Crippen LogP contribution is 2.14. The van der Waals surface area contributed by atoms with Gasteiger partial charge in [-0.1, -0.05) is 26.0 Å². The van der Waals surface area contributed by atoms with Crippen molar-refractivity contribution in [3.05, 3.63) is 36.0 Å².